The van der Waals surface area contributed by atoms with Crippen molar-refractivity contribution in [3.8, 4) is 5.75 Å². The van der Waals surface area contributed by atoms with Gasteiger partial charge in [-0.25, -0.2) is 4.79 Å². The molecule has 10 heteroatoms. The van der Waals surface area contributed by atoms with E-state index >= 15 is 0 Å². The summed E-state index contributed by atoms with van der Waals surface area (Å²) in [5, 5.41) is 23.6. The van der Waals surface area contributed by atoms with Crippen molar-refractivity contribution in [1.29, 1.82) is 0 Å². The fraction of sp³-hybridized carbons (Fsp3) is 0.444. The highest BCUT2D eigenvalue weighted by molar-refractivity contribution is 5.92. The van der Waals surface area contributed by atoms with E-state index in [-0.39, 0.29) is 25.3 Å². The largest absolute Gasteiger partial charge is 0.508 e. The summed E-state index contributed by atoms with van der Waals surface area (Å²) in [5.74, 6) is -2.63. The number of nitrogens with two attached hydrogens (primary N) is 1. The maximum Gasteiger partial charge on any atom is 0.326 e. The topological polar surface area (TPSA) is 162 Å². The first-order chi connectivity index (χ1) is 13.3. The van der Waals surface area contributed by atoms with E-state index in [9.17, 15) is 29.4 Å². The van der Waals surface area contributed by atoms with Crippen molar-refractivity contribution in [3.05, 3.63) is 29.8 Å². The van der Waals surface area contributed by atoms with Crippen molar-refractivity contribution in [2.45, 2.75) is 31.3 Å². The van der Waals surface area contributed by atoms with Crippen molar-refractivity contribution in [3.63, 3.8) is 0 Å². The summed E-state index contributed by atoms with van der Waals surface area (Å²) in [6.45, 7) is -0.323. The van der Waals surface area contributed by atoms with E-state index in [1.807, 2.05) is 0 Å². The number of likely N-dealkylation sites (tertiary alicyclic amines) is 1. The zero-order chi connectivity index (χ0) is 20.7. The van der Waals surface area contributed by atoms with Gasteiger partial charge in [0.25, 0.3) is 0 Å². The van der Waals surface area contributed by atoms with E-state index in [1.54, 1.807) is 12.1 Å². The average molecular weight is 392 g/mol. The molecule has 152 valence electrons. The fourth-order valence-electron chi connectivity index (χ4n) is 3.05. The molecule has 28 heavy (non-hydrogen) atoms. The summed E-state index contributed by atoms with van der Waals surface area (Å²) >= 11 is 0. The monoisotopic (exact) mass is 392 g/mol. The van der Waals surface area contributed by atoms with Crippen LogP contribution in [0.3, 0.4) is 0 Å². The van der Waals surface area contributed by atoms with Crippen LogP contribution in [0.25, 0.3) is 0 Å². The molecule has 6 N–H and O–H groups in total. The molecule has 2 atom stereocenters. The first-order valence-corrected chi connectivity index (χ1v) is 8.89. The van der Waals surface area contributed by atoms with Crippen LogP contribution in [-0.4, -0.2) is 70.5 Å². The first-order valence-electron chi connectivity index (χ1n) is 8.89. The molecule has 3 amide bonds. The Morgan fingerprint density at radius 1 is 1.18 bits per heavy atom. The second-order valence-corrected chi connectivity index (χ2v) is 6.50. The Labute approximate surface area is 161 Å². The summed E-state index contributed by atoms with van der Waals surface area (Å²) in [7, 11) is 0. The van der Waals surface area contributed by atoms with Crippen LogP contribution in [0.4, 0.5) is 0 Å². The second-order valence-electron chi connectivity index (χ2n) is 6.50. The van der Waals surface area contributed by atoms with Gasteiger partial charge in [-0.2, -0.15) is 0 Å². The number of amides is 3. The van der Waals surface area contributed by atoms with Gasteiger partial charge in [0.2, 0.25) is 17.7 Å². The highest BCUT2D eigenvalue weighted by atomic mass is 16.4. The molecule has 1 aliphatic heterocycles. The van der Waals surface area contributed by atoms with Crippen LogP contribution in [0.5, 0.6) is 5.75 Å². The highest BCUT2D eigenvalue weighted by Crippen LogP contribution is 2.20. The van der Waals surface area contributed by atoms with Gasteiger partial charge in [-0.1, -0.05) is 12.1 Å². The van der Waals surface area contributed by atoms with Crippen LogP contribution in [0.2, 0.25) is 0 Å². The number of phenolic OH excluding ortho intramolecular Hbond substituents is 1. The minimum absolute atomic E-state index is 0.0608. The molecule has 10 nitrogen and oxygen atoms in total. The summed E-state index contributed by atoms with van der Waals surface area (Å²) in [6.07, 6.45) is 1.03. The van der Waals surface area contributed by atoms with Gasteiger partial charge in [-0.15, -0.1) is 0 Å². The smallest absolute Gasteiger partial charge is 0.326 e. The van der Waals surface area contributed by atoms with Crippen molar-refractivity contribution in [2.75, 3.05) is 19.6 Å². The number of carbonyl (C=O) groups is 4. The van der Waals surface area contributed by atoms with Gasteiger partial charge < -0.3 is 31.5 Å². The van der Waals surface area contributed by atoms with Gasteiger partial charge in [0.15, 0.2) is 0 Å². The number of phenols is 1. The molecule has 1 heterocycles. The predicted octanol–water partition coefficient (Wildman–Crippen LogP) is -1.43. The summed E-state index contributed by atoms with van der Waals surface area (Å²) in [5.41, 5.74) is 5.84. The Balaban J connectivity index is 2.13. The Morgan fingerprint density at radius 2 is 1.86 bits per heavy atom. The lowest BCUT2D eigenvalue weighted by atomic mass is 10.0. The molecule has 1 aromatic rings. The Kier molecular flexibility index (Phi) is 7.33. The molecule has 0 aromatic heterocycles. The van der Waals surface area contributed by atoms with Crippen molar-refractivity contribution >= 4 is 23.7 Å². The zero-order valence-corrected chi connectivity index (χ0v) is 15.3. The summed E-state index contributed by atoms with van der Waals surface area (Å²) in [4.78, 5) is 49.0. The lowest BCUT2D eigenvalue weighted by Crippen LogP contribution is -2.54. The van der Waals surface area contributed by atoms with Gasteiger partial charge >= 0.3 is 5.97 Å². The van der Waals surface area contributed by atoms with E-state index in [0.717, 1.165) is 0 Å². The number of aromatic hydroxyl groups is 1. The molecule has 1 fully saturated rings. The van der Waals surface area contributed by atoms with Crippen molar-refractivity contribution in [2.24, 2.45) is 5.73 Å². The third-order valence-corrected chi connectivity index (χ3v) is 4.46. The predicted molar refractivity (Wildman–Crippen MR) is 98.2 cm³/mol. The molecule has 0 saturated carbocycles. The Morgan fingerprint density at radius 3 is 2.46 bits per heavy atom. The first kappa shape index (κ1) is 21.2. The maximum atomic E-state index is 13.0. The number of hydrogen-bond donors (Lipinski definition) is 5. The minimum atomic E-state index is -1.09. The van der Waals surface area contributed by atoms with E-state index in [0.29, 0.717) is 24.9 Å². The number of carboxylic acid groups (broad SMARTS) is 1. The molecular formula is C18H24N4O6. The number of rotatable bonds is 8. The van der Waals surface area contributed by atoms with Gasteiger partial charge in [0.05, 0.1) is 13.1 Å². The Bertz CT molecular complexity index is 736. The lowest BCUT2D eigenvalue weighted by Gasteiger charge is -2.27. The van der Waals surface area contributed by atoms with Gasteiger partial charge in [-0.3, -0.25) is 14.4 Å². The number of carbonyl (C=O) groups excluding carboxylic acids is 3. The van der Waals surface area contributed by atoms with E-state index in [2.05, 4.69) is 10.6 Å². The van der Waals surface area contributed by atoms with E-state index in [4.69, 9.17) is 5.73 Å². The number of hydrogen-bond acceptors (Lipinski definition) is 6. The SMILES string of the molecule is NCC(=O)NCC(=O)NC(Cc1ccc(O)cc1)C(=O)N1CCCC1C(=O)O. The molecule has 0 spiro atoms. The zero-order valence-electron chi connectivity index (χ0n) is 15.3. The molecule has 1 aliphatic rings. The highest BCUT2D eigenvalue weighted by Gasteiger charge is 2.37. The fourth-order valence-corrected chi connectivity index (χ4v) is 3.05. The third kappa shape index (κ3) is 5.68. The number of nitrogens with zero attached hydrogens (tertiary/aromatic N) is 1. The van der Waals surface area contributed by atoms with Crippen LogP contribution in [0, 0.1) is 0 Å². The van der Waals surface area contributed by atoms with Crippen LogP contribution in [0.15, 0.2) is 24.3 Å². The standard InChI is InChI=1S/C18H24N4O6/c19-9-15(24)20-10-16(25)21-13(8-11-3-5-12(23)6-4-11)17(26)22-7-1-2-14(22)18(27)28/h3-6,13-14,23H,1-2,7-10,19H2,(H,20,24)(H,21,25)(H,27,28). The van der Waals surface area contributed by atoms with E-state index in [1.165, 1.54) is 17.0 Å². The molecule has 0 aliphatic carbocycles. The van der Waals surface area contributed by atoms with Gasteiger partial charge in [-0.05, 0) is 30.5 Å². The average Bonchev–Trinajstić information content (AvgIpc) is 3.16. The second kappa shape index (κ2) is 9.70. The molecule has 0 bridgehead atoms. The van der Waals surface area contributed by atoms with Crippen LogP contribution in [-0.2, 0) is 25.6 Å². The van der Waals surface area contributed by atoms with Crippen LogP contribution < -0.4 is 16.4 Å². The maximum absolute atomic E-state index is 13.0. The van der Waals surface area contributed by atoms with Crippen molar-refractivity contribution in [1.82, 2.24) is 15.5 Å². The Hall–Kier alpha value is -3.14. The van der Waals surface area contributed by atoms with Gasteiger partial charge in [0, 0.05) is 13.0 Å². The van der Waals surface area contributed by atoms with Crippen LogP contribution >= 0.6 is 0 Å². The quantitative estimate of drug-likeness (QED) is 0.362. The van der Waals surface area contributed by atoms with Gasteiger partial charge in [0.1, 0.15) is 17.8 Å². The summed E-state index contributed by atoms with van der Waals surface area (Å²) < 4.78 is 0. The minimum Gasteiger partial charge on any atom is -0.508 e. The van der Waals surface area contributed by atoms with Crippen LogP contribution in [0.1, 0.15) is 18.4 Å². The normalized spacial score (nSPS) is 17.0. The molecule has 2 rings (SSSR count). The number of benzene rings is 1. The van der Waals surface area contributed by atoms with E-state index < -0.39 is 35.8 Å². The number of aliphatic carboxylic acids is 1. The molecule has 1 saturated heterocycles. The lowest BCUT2D eigenvalue weighted by molar-refractivity contribution is -0.149. The van der Waals surface area contributed by atoms with Crippen molar-refractivity contribution < 1.29 is 29.4 Å². The molecule has 0 radical (unpaired) electrons. The number of carboxylic acids is 1. The molecule has 1 aromatic carbocycles. The number of nitrogens with one attached hydrogen (secondary N) is 2. The summed E-state index contributed by atoms with van der Waals surface area (Å²) in [6, 6.07) is 4.19. The molecule has 2 unspecified atom stereocenters. The molecular weight excluding hydrogens is 368 g/mol. The third-order valence-electron chi connectivity index (χ3n) is 4.46.